The first-order valence-corrected chi connectivity index (χ1v) is 10.2. The fraction of sp³-hybridized carbons (Fsp3) is 0.167. The summed E-state index contributed by atoms with van der Waals surface area (Å²) in [5, 5.41) is 1.87. The number of nitrogens with zero attached hydrogens (tertiary/aromatic N) is 5. The summed E-state index contributed by atoms with van der Waals surface area (Å²) in [5.74, 6) is -0.430. The summed E-state index contributed by atoms with van der Waals surface area (Å²) in [7, 11) is 0. The minimum absolute atomic E-state index is 0.107. The predicted octanol–water partition coefficient (Wildman–Crippen LogP) is 3.96. The summed E-state index contributed by atoms with van der Waals surface area (Å²) in [5.41, 5.74) is 0.892. The molecular weight excluding hydrogens is 412 g/mol. The minimum Gasteiger partial charge on any atom is -0.352 e. The Morgan fingerprint density at radius 2 is 1.81 bits per heavy atom. The summed E-state index contributed by atoms with van der Waals surface area (Å²) < 4.78 is 29.2. The fourth-order valence-corrected chi connectivity index (χ4v) is 4.15. The van der Waals surface area contributed by atoms with Gasteiger partial charge in [0.25, 0.3) is 0 Å². The molecule has 0 aliphatic carbocycles. The van der Waals surface area contributed by atoms with Crippen LogP contribution in [0.25, 0.3) is 32.9 Å². The van der Waals surface area contributed by atoms with Gasteiger partial charge in [-0.15, -0.1) is 0 Å². The van der Waals surface area contributed by atoms with Crippen molar-refractivity contribution in [1.29, 1.82) is 0 Å². The van der Waals surface area contributed by atoms with Crippen molar-refractivity contribution < 1.29 is 13.6 Å². The molecule has 4 aromatic rings. The lowest BCUT2D eigenvalue weighted by Crippen LogP contribution is -2.48. The van der Waals surface area contributed by atoms with Crippen LogP contribution < -0.4 is 4.90 Å². The molecule has 0 unspecified atom stereocenters. The largest absolute Gasteiger partial charge is 0.352 e. The van der Waals surface area contributed by atoms with E-state index in [4.69, 9.17) is 0 Å². The highest BCUT2D eigenvalue weighted by Gasteiger charge is 2.24. The maximum atomic E-state index is 15.6. The Morgan fingerprint density at radius 1 is 1.00 bits per heavy atom. The first kappa shape index (κ1) is 20.0. The number of piperazine rings is 1. The standard InChI is InChI=1S/C24H19F2N5O/c1-2-20(32)30-8-10-31(11-9-30)24-19-13-27-22(21(26)23(19)28-14-29-24)18-5-3-4-15-12-16(25)6-7-17(15)18/h2-7,12-14H,1,8-11H2. The van der Waals surface area contributed by atoms with E-state index in [0.717, 1.165) is 0 Å². The average Bonchev–Trinajstić information content (AvgIpc) is 2.83. The van der Waals surface area contributed by atoms with E-state index in [1.54, 1.807) is 35.4 Å². The van der Waals surface area contributed by atoms with Gasteiger partial charge in [0.1, 0.15) is 29.2 Å². The third kappa shape index (κ3) is 3.33. The highest BCUT2D eigenvalue weighted by atomic mass is 19.1. The van der Waals surface area contributed by atoms with E-state index >= 15 is 4.39 Å². The van der Waals surface area contributed by atoms with Gasteiger partial charge < -0.3 is 9.80 Å². The van der Waals surface area contributed by atoms with Crippen LogP contribution in [0.3, 0.4) is 0 Å². The predicted molar refractivity (Wildman–Crippen MR) is 119 cm³/mol. The lowest BCUT2D eigenvalue weighted by Gasteiger charge is -2.35. The van der Waals surface area contributed by atoms with E-state index in [-0.39, 0.29) is 22.9 Å². The molecule has 1 fully saturated rings. The molecule has 1 aliphatic heterocycles. The van der Waals surface area contributed by atoms with Crippen molar-refractivity contribution in [1.82, 2.24) is 19.9 Å². The van der Waals surface area contributed by atoms with Crippen LogP contribution in [0.15, 0.2) is 61.6 Å². The van der Waals surface area contributed by atoms with Crippen molar-refractivity contribution in [2.75, 3.05) is 31.1 Å². The Balaban J connectivity index is 1.56. The van der Waals surface area contributed by atoms with Gasteiger partial charge in [-0.1, -0.05) is 30.8 Å². The molecule has 0 bridgehead atoms. The number of rotatable bonds is 3. The maximum absolute atomic E-state index is 15.6. The molecule has 5 rings (SSSR count). The number of amides is 1. The number of pyridine rings is 1. The summed E-state index contributed by atoms with van der Waals surface area (Å²) in [6, 6.07) is 9.67. The molecule has 1 amide bonds. The van der Waals surface area contributed by atoms with Crippen LogP contribution in [0.1, 0.15) is 0 Å². The number of hydrogen-bond donors (Lipinski definition) is 0. The molecule has 2 aromatic carbocycles. The zero-order chi connectivity index (χ0) is 22.2. The van der Waals surface area contributed by atoms with E-state index < -0.39 is 5.82 Å². The number of aromatic nitrogens is 3. The SMILES string of the molecule is C=CC(=O)N1CCN(c2ncnc3c(F)c(-c4cccc5cc(F)ccc45)ncc23)CC1. The van der Waals surface area contributed by atoms with Crippen molar-refractivity contribution in [3.63, 3.8) is 0 Å². The molecule has 0 N–H and O–H groups in total. The Morgan fingerprint density at radius 3 is 2.59 bits per heavy atom. The van der Waals surface area contributed by atoms with E-state index in [1.165, 1.54) is 24.5 Å². The van der Waals surface area contributed by atoms with Crippen LogP contribution in [0.2, 0.25) is 0 Å². The van der Waals surface area contributed by atoms with Gasteiger partial charge in [0.2, 0.25) is 5.91 Å². The smallest absolute Gasteiger partial charge is 0.246 e. The van der Waals surface area contributed by atoms with Crippen LogP contribution in [-0.2, 0) is 4.79 Å². The first-order valence-electron chi connectivity index (χ1n) is 10.2. The van der Waals surface area contributed by atoms with E-state index in [2.05, 4.69) is 21.5 Å². The fourth-order valence-electron chi connectivity index (χ4n) is 4.15. The van der Waals surface area contributed by atoms with Crippen LogP contribution in [0.5, 0.6) is 0 Å². The molecule has 0 atom stereocenters. The van der Waals surface area contributed by atoms with Crippen molar-refractivity contribution in [2.45, 2.75) is 0 Å². The molecule has 32 heavy (non-hydrogen) atoms. The van der Waals surface area contributed by atoms with Crippen molar-refractivity contribution >= 4 is 33.4 Å². The summed E-state index contributed by atoms with van der Waals surface area (Å²) in [6.45, 7) is 5.69. The number of hydrogen-bond acceptors (Lipinski definition) is 5. The Kier molecular flexibility index (Phi) is 4.97. The first-order chi connectivity index (χ1) is 15.6. The van der Waals surface area contributed by atoms with Gasteiger partial charge in [-0.05, 0) is 29.0 Å². The van der Waals surface area contributed by atoms with Crippen molar-refractivity contribution in [3.8, 4) is 11.3 Å². The number of benzene rings is 2. The number of carbonyl (C=O) groups is 1. The van der Waals surface area contributed by atoms with Crippen LogP contribution >= 0.6 is 0 Å². The minimum atomic E-state index is -0.552. The lowest BCUT2D eigenvalue weighted by atomic mass is 10.0. The second kappa shape index (κ2) is 7.96. The van der Waals surface area contributed by atoms with Crippen molar-refractivity contribution in [2.24, 2.45) is 0 Å². The Labute approximate surface area is 182 Å². The van der Waals surface area contributed by atoms with Gasteiger partial charge in [-0.25, -0.2) is 18.7 Å². The topological polar surface area (TPSA) is 62.2 Å². The zero-order valence-electron chi connectivity index (χ0n) is 17.1. The Hall–Kier alpha value is -3.94. The molecule has 1 aliphatic rings. The van der Waals surface area contributed by atoms with Crippen LogP contribution in [0.4, 0.5) is 14.6 Å². The summed E-state index contributed by atoms with van der Waals surface area (Å²) in [4.78, 5) is 28.5. The molecule has 0 spiro atoms. The second-order valence-corrected chi connectivity index (χ2v) is 7.57. The normalized spacial score (nSPS) is 14.2. The lowest BCUT2D eigenvalue weighted by molar-refractivity contribution is -0.126. The van der Waals surface area contributed by atoms with E-state index in [1.807, 2.05) is 4.90 Å². The number of carbonyl (C=O) groups excluding carboxylic acids is 1. The molecule has 3 heterocycles. The van der Waals surface area contributed by atoms with E-state index in [0.29, 0.717) is 53.7 Å². The molecule has 160 valence electrons. The Bertz CT molecular complexity index is 1370. The second-order valence-electron chi connectivity index (χ2n) is 7.57. The number of fused-ring (bicyclic) bond motifs is 2. The molecule has 2 aromatic heterocycles. The molecule has 8 heteroatoms. The molecule has 1 saturated heterocycles. The van der Waals surface area contributed by atoms with Gasteiger partial charge in [-0.3, -0.25) is 9.78 Å². The highest BCUT2D eigenvalue weighted by molar-refractivity contribution is 5.99. The van der Waals surface area contributed by atoms with Gasteiger partial charge in [0, 0.05) is 37.9 Å². The van der Waals surface area contributed by atoms with Crippen LogP contribution in [-0.4, -0.2) is 51.9 Å². The summed E-state index contributed by atoms with van der Waals surface area (Å²) in [6.07, 6.45) is 4.22. The number of anilines is 1. The monoisotopic (exact) mass is 431 g/mol. The molecule has 0 radical (unpaired) electrons. The highest BCUT2D eigenvalue weighted by Crippen LogP contribution is 2.33. The van der Waals surface area contributed by atoms with Crippen molar-refractivity contribution in [3.05, 3.63) is 73.2 Å². The average molecular weight is 431 g/mol. The molecule has 6 nitrogen and oxygen atoms in total. The third-order valence-electron chi connectivity index (χ3n) is 5.76. The zero-order valence-corrected chi connectivity index (χ0v) is 17.1. The van der Waals surface area contributed by atoms with Crippen LogP contribution in [0, 0.1) is 11.6 Å². The third-order valence-corrected chi connectivity index (χ3v) is 5.76. The van der Waals surface area contributed by atoms with Gasteiger partial charge in [0.15, 0.2) is 5.82 Å². The van der Waals surface area contributed by atoms with Gasteiger partial charge >= 0.3 is 0 Å². The summed E-state index contributed by atoms with van der Waals surface area (Å²) >= 11 is 0. The molecule has 0 saturated carbocycles. The molecular formula is C24H19F2N5O. The number of halogens is 2. The van der Waals surface area contributed by atoms with Gasteiger partial charge in [0.05, 0.1) is 5.39 Å². The van der Waals surface area contributed by atoms with E-state index in [9.17, 15) is 9.18 Å². The quantitative estimate of drug-likeness (QED) is 0.460. The maximum Gasteiger partial charge on any atom is 0.246 e. The van der Waals surface area contributed by atoms with Gasteiger partial charge in [-0.2, -0.15) is 0 Å².